The molecule has 0 saturated carbocycles. The van der Waals surface area contributed by atoms with Gasteiger partial charge in [0.1, 0.15) is 5.82 Å². The van der Waals surface area contributed by atoms with Crippen molar-refractivity contribution in [2.24, 2.45) is 5.92 Å². The maximum absolute atomic E-state index is 13.1. The molecule has 1 aromatic carbocycles. The Morgan fingerprint density at radius 3 is 2.94 bits per heavy atom. The van der Waals surface area contributed by atoms with Gasteiger partial charge in [0.2, 0.25) is 0 Å². The summed E-state index contributed by atoms with van der Waals surface area (Å²) < 4.78 is 13.1. The summed E-state index contributed by atoms with van der Waals surface area (Å²) in [6, 6.07) is 6.57. The summed E-state index contributed by atoms with van der Waals surface area (Å²) in [7, 11) is 0. The number of halogens is 1. The molecule has 3 atom stereocenters. The van der Waals surface area contributed by atoms with E-state index in [9.17, 15) is 9.50 Å². The Balaban J connectivity index is 2.06. The summed E-state index contributed by atoms with van der Waals surface area (Å²) in [4.78, 5) is 0. The fourth-order valence-corrected chi connectivity index (χ4v) is 2.76. The average molecular weight is 251 g/mol. The van der Waals surface area contributed by atoms with Crippen LogP contribution in [0.2, 0.25) is 0 Å². The van der Waals surface area contributed by atoms with Crippen LogP contribution >= 0.6 is 0 Å². The fourth-order valence-electron chi connectivity index (χ4n) is 2.76. The van der Waals surface area contributed by atoms with Gasteiger partial charge < -0.3 is 10.4 Å². The van der Waals surface area contributed by atoms with Crippen LogP contribution in [0.3, 0.4) is 0 Å². The van der Waals surface area contributed by atoms with Crippen molar-refractivity contribution in [2.75, 3.05) is 6.54 Å². The van der Waals surface area contributed by atoms with Crippen LogP contribution in [-0.2, 0) is 6.42 Å². The van der Waals surface area contributed by atoms with E-state index >= 15 is 0 Å². The van der Waals surface area contributed by atoms with Crippen LogP contribution in [0, 0.1) is 11.7 Å². The first-order valence-corrected chi connectivity index (χ1v) is 6.67. The second-order valence-electron chi connectivity index (χ2n) is 5.80. The molecule has 1 aromatic rings. The van der Waals surface area contributed by atoms with E-state index in [-0.39, 0.29) is 11.9 Å². The first-order chi connectivity index (χ1) is 8.47. The largest absolute Gasteiger partial charge is 0.388 e. The molecule has 0 aliphatic carbocycles. The maximum atomic E-state index is 13.1. The third kappa shape index (κ3) is 3.30. The number of piperidine rings is 1. The maximum Gasteiger partial charge on any atom is 0.123 e. The summed E-state index contributed by atoms with van der Waals surface area (Å²) in [6.45, 7) is 5.00. The molecule has 1 aliphatic rings. The third-order valence-electron chi connectivity index (χ3n) is 3.87. The van der Waals surface area contributed by atoms with Crippen LogP contribution in [0.5, 0.6) is 0 Å². The third-order valence-corrected chi connectivity index (χ3v) is 3.87. The number of aliphatic hydroxyl groups is 1. The monoisotopic (exact) mass is 251 g/mol. The molecule has 18 heavy (non-hydrogen) atoms. The fraction of sp³-hybridized carbons (Fsp3) is 0.600. The number of rotatable bonds is 3. The first-order valence-electron chi connectivity index (χ1n) is 6.67. The Bertz CT molecular complexity index is 405. The molecule has 100 valence electrons. The molecule has 1 heterocycles. The topological polar surface area (TPSA) is 32.3 Å². The molecular weight excluding hydrogens is 229 g/mol. The van der Waals surface area contributed by atoms with Gasteiger partial charge in [-0.05, 0) is 49.9 Å². The molecule has 2 rings (SSSR count). The van der Waals surface area contributed by atoms with Crippen LogP contribution in [-0.4, -0.2) is 23.3 Å². The van der Waals surface area contributed by atoms with E-state index in [1.807, 2.05) is 13.0 Å². The van der Waals surface area contributed by atoms with Crippen molar-refractivity contribution in [2.45, 2.75) is 44.8 Å². The summed E-state index contributed by atoms with van der Waals surface area (Å²) in [5.41, 5.74) is 0.0164. The number of hydrogen-bond acceptors (Lipinski definition) is 2. The molecule has 0 aromatic heterocycles. The molecule has 0 bridgehead atoms. The Morgan fingerprint density at radius 2 is 2.28 bits per heavy atom. The van der Waals surface area contributed by atoms with Crippen molar-refractivity contribution in [1.82, 2.24) is 5.32 Å². The van der Waals surface area contributed by atoms with Crippen LogP contribution in [0.4, 0.5) is 4.39 Å². The first kappa shape index (κ1) is 13.5. The highest BCUT2D eigenvalue weighted by Crippen LogP contribution is 2.26. The zero-order valence-corrected chi connectivity index (χ0v) is 11.1. The summed E-state index contributed by atoms with van der Waals surface area (Å²) in [5, 5.41) is 14.0. The van der Waals surface area contributed by atoms with Crippen LogP contribution in [0.25, 0.3) is 0 Å². The molecule has 0 radical (unpaired) electrons. The minimum absolute atomic E-state index is 0.0875. The lowest BCUT2D eigenvalue weighted by Crippen LogP contribution is -2.53. The Hall–Kier alpha value is -0.930. The molecule has 0 spiro atoms. The van der Waals surface area contributed by atoms with E-state index in [1.54, 1.807) is 6.07 Å². The highest BCUT2D eigenvalue weighted by molar-refractivity contribution is 5.19. The van der Waals surface area contributed by atoms with Crippen LogP contribution in [0.15, 0.2) is 24.3 Å². The van der Waals surface area contributed by atoms with Crippen molar-refractivity contribution < 1.29 is 9.50 Å². The van der Waals surface area contributed by atoms with E-state index in [0.717, 1.165) is 24.9 Å². The molecule has 1 saturated heterocycles. The molecule has 1 aliphatic heterocycles. The predicted octanol–water partition coefficient (Wildman–Crippen LogP) is 2.51. The highest BCUT2D eigenvalue weighted by Gasteiger charge is 2.34. The Labute approximate surface area is 108 Å². The van der Waals surface area contributed by atoms with Crippen molar-refractivity contribution in [3.05, 3.63) is 35.6 Å². The molecule has 1 fully saturated rings. The molecular formula is C15H22FNO. The quantitative estimate of drug-likeness (QED) is 0.865. The van der Waals surface area contributed by atoms with E-state index in [4.69, 9.17) is 0 Å². The highest BCUT2D eigenvalue weighted by atomic mass is 19.1. The van der Waals surface area contributed by atoms with Gasteiger partial charge in [0.05, 0.1) is 5.60 Å². The molecule has 2 N–H and O–H groups in total. The number of nitrogens with one attached hydrogen (secondary N) is 1. The zero-order valence-electron chi connectivity index (χ0n) is 11.1. The van der Waals surface area contributed by atoms with E-state index in [0.29, 0.717) is 12.3 Å². The Kier molecular flexibility index (Phi) is 4.03. The Morgan fingerprint density at radius 1 is 1.50 bits per heavy atom. The summed E-state index contributed by atoms with van der Waals surface area (Å²) in [5.74, 6) is 0.392. The van der Waals surface area contributed by atoms with E-state index < -0.39 is 5.60 Å². The molecule has 2 nitrogen and oxygen atoms in total. The SMILES string of the molecule is CC1CCNC(C(C)(O)Cc2cccc(F)c2)C1. The van der Waals surface area contributed by atoms with Gasteiger partial charge in [-0.3, -0.25) is 0 Å². The van der Waals surface area contributed by atoms with E-state index in [2.05, 4.69) is 12.2 Å². The van der Waals surface area contributed by atoms with Gasteiger partial charge in [-0.2, -0.15) is 0 Å². The summed E-state index contributed by atoms with van der Waals surface area (Å²) in [6.07, 6.45) is 2.62. The van der Waals surface area contributed by atoms with Crippen molar-refractivity contribution >= 4 is 0 Å². The van der Waals surface area contributed by atoms with Crippen LogP contribution < -0.4 is 5.32 Å². The lowest BCUT2D eigenvalue weighted by Gasteiger charge is -2.38. The van der Waals surface area contributed by atoms with Crippen molar-refractivity contribution in [1.29, 1.82) is 0 Å². The van der Waals surface area contributed by atoms with Crippen molar-refractivity contribution in [3.8, 4) is 0 Å². The van der Waals surface area contributed by atoms with Gasteiger partial charge in [0.25, 0.3) is 0 Å². The van der Waals surface area contributed by atoms with Crippen LogP contribution in [0.1, 0.15) is 32.3 Å². The van der Waals surface area contributed by atoms with Crippen molar-refractivity contribution in [3.63, 3.8) is 0 Å². The number of benzene rings is 1. The lowest BCUT2D eigenvalue weighted by atomic mass is 9.81. The smallest absolute Gasteiger partial charge is 0.123 e. The zero-order chi connectivity index (χ0) is 13.2. The van der Waals surface area contributed by atoms with Gasteiger partial charge in [-0.1, -0.05) is 19.1 Å². The van der Waals surface area contributed by atoms with Gasteiger partial charge in [-0.25, -0.2) is 4.39 Å². The second-order valence-corrected chi connectivity index (χ2v) is 5.80. The minimum Gasteiger partial charge on any atom is -0.388 e. The van der Waals surface area contributed by atoms with Gasteiger partial charge >= 0.3 is 0 Å². The standard InChI is InChI=1S/C15H22FNO/c1-11-6-7-17-14(8-11)15(2,18)10-12-4-3-5-13(16)9-12/h3-5,9,11,14,17-18H,6-8,10H2,1-2H3. The van der Waals surface area contributed by atoms with E-state index in [1.165, 1.54) is 12.1 Å². The molecule has 0 amide bonds. The second kappa shape index (κ2) is 5.37. The normalized spacial score (nSPS) is 27.8. The summed E-state index contributed by atoms with van der Waals surface area (Å²) >= 11 is 0. The van der Waals surface area contributed by atoms with Gasteiger partial charge in [0.15, 0.2) is 0 Å². The van der Waals surface area contributed by atoms with Gasteiger partial charge in [-0.15, -0.1) is 0 Å². The lowest BCUT2D eigenvalue weighted by molar-refractivity contribution is 0.00333. The number of hydrogen-bond donors (Lipinski definition) is 2. The molecule has 3 unspecified atom stereocenters. The van der Waals surface area contributed by atoms with Gasteiger partial charge in [0, 0.05) is 12.5 Å². The predicted molar refractivity (Wildman–Crippen MR) is 70.9 cm³/mol. The minimum atomic E-state index is -0.831. The molecule has 3 heteroatoms. The average Bonchev–Trinajstić information content (AvgIpc) is 2.28.